The molecule has 0 aromatic heterocycles. The summed E-state index contributed by atoms with van der Waals surface area (Å²) in [5.41, 5.74) is 0. The topological polar surface area (TPSA) is 17.1 Å². The Hall–Kier alpha value is -0.240. The SMILES string of the molecule is O=CC1CC2C=CC1S2. The number of carbonyl (C=O) groups is 1. The molecule has 9 heavy (non-hydrogen) atoms. The Morgan fingerprint density at radius 1 is 1.56 bits per heavy atom. The van der Waals surface area contributed by atoms with Crippen LogP contribution in [-0.4, -0.2) is 16.8 Å². The number of rotatable bonds is 1. The van der Waals surface area contributed by atoms with Crippen molar-refractivity contribution in [1.82, 2.24) is 0 Å². The number of thioether (sulfide) groups is 1. The fourth-order valence-corrected chi connectivity index (χ4v) is 2.92. The Morgan fingerprint density at radius 2 is 2.44 bits per heavy atom. The molecule has 0 aliphatic carbocycles. The third-order valence-corrected chi connectivity index (χ3v) is 3.47. The molecule has 3 atom stereocenters. The highest BCUT2D eigenvalue weighted by molar-refractivity contribution is 8.01. The zero-order valence-electron chi connectivity index (χ0n) is 4.99. The highest BCUT2D eigenvalue weighted by Crippen LogP contribution is 2.43. The molecule has 2 aliphatic heterocycles. The molecule has 2 heterocycles. The van der Waals surface area contributed by atoms with Gasteiger partial charge in [-0.25, -0.2) is 0 Å². The van der Waals surface area contributed by atoms with Crippen molar-refractivity contribution in [2.45, 2.75) is 16.9 Å². The Morgan fingerprint density at radius 3 is 2.78 bits per heavy atom. The van der Waals surface area contributed by atoms with Crippen LogP contribution in [0, 0.1) is 5.92 Å². The first-order chi connectivity index (χ1) is 4.40. The minimum Gasteiger partial charge on any atom is -0.303 e. The number of fused-ring (bicyclic) bond motifs is 2. The van der Waals surface area contributed by atoms with Crippen molar-refractivity contribution >= 4 is 18.0 Å². The molecule has 0 N–H and O–H groups in total. The zero-order valence-corrected chi connectivity index (χ0v) is 5.80. The third kappa shape index (κ3) is 0.732. The van der Waals surface area contributed by atoms with E-state index in [1.165, 1.54) is 0 Å². The van der Waals surface area contributed by atoms with E-state index in [-0.39, 0.29) is 0 Å². The van der Waals surface area contributed by atoms with Gasteiger partial charge in [0, 0.05) is 16.4 Å². The van der Waals surface area contributed by atoms with Crippen molar-refractivity contribution < 1.29 is 4.79 Å². The summed E-state index contributed by atoms with van der Waals surface area (Å²) in [4.78, 5) is 10.3. The summed E-state index contributed by atoms with van der Waals surface area (Å²) in [5, 5.41) is 1.18. The summed E-state index contributed by atoms with van der Waals surface area (Å²) in [6.07, 6.45) is 6.56. The molecule has 0 spiro atoms. The van der Waals surface area contributed by atoms with Crippen molar-refractivity contribution in [3.63, 3.8) is 0 Å². The average molecular weight is 140 g/mol. The average Bonchev–Trinajstić information content (AvgIpc) is 2.45. The number of hydrogen-bond acceptors (Lipinski definition) is 2. The molecule has 2 rings (SSSR count). The largest absolute Gasteiger partial charge is 0.303 e. The van der Waals surface area contributed by atoms with Crippen LogP contribution in [-0.2, 0) is 4.79 Å². The van der Waals surface area contributed by atoms with Crippen LogP contribution in [0.3, 0.4) is 0 Å². The number of hydrogen-bond donors (Lipinski definition) is 0. The van der Waals surface area contributed by atoms with Gasteiger partial charge in [-0.1, -0.05) is 12.2 Å². The zero-order chi connectivity index (χ0) is 6.27. The lowest BCUT2D eigenvalue weighted by Gasteiger charge is -2.06. The normalized spacial score (nSPS) is 46.0. The van der Waals surface area contributed by atoms with Gasteiger partial charge < -0.3 is 4.79 Å². The molecule has 2 aliphatic rings. The van der Waals surface area contributed by atoms with Gasteiger partial charge in [-0.3, -0.25) is 0 Å². The van der Waals surface area contributed by atoms with Gasteiger partial charge in [0.1, 0.15) is 6.29 Å². The van der Waals surface area contributed by atoms with Crippen molar-refractivity contribution in [2.24, 2.45) is 5.92 Å². The molecule has 1 nitrogen and oxygen atoms in total. The third-order valence-electron chi connectivity index (χ3n) is 1.95. The molecule has 0 saturated carbocycles. The molecule has 1 saturated heterocycles. The van der Waals surface area contributed by atoms with Crippen molar-refractivity contribution in [2.75, 3.05) is 0 Å². The van der Waals surface area contributed by atoms with Crippen LogP contribution < -0.4 is 0 Å². The van der Waals surface area contributed by atoms with Crippen molar-refractivity contribution in [1.29, 1.82) is 0 Å². The maximum Gasteiger partial charge on any atom is 0.124 e. The van der Waals surface area contributed by atoms with E-state index in [0.29, 0.717) is 16.4 Å². The van der Waals surface area contributed by atoms with Crippen LogP contribution >= 0.6 is 11.8 Å². The first kappa shape index (κ1) is 5.54. The molecule has 0 radical (unpaired) electrons. The molecule has 3 unspecified atom stereocenters. The lowest BCUT2D eigenvalue weighted by molar-refractivity contribution is -0.110. The van der Waals surface area contributed by atoms with Gasteiger partial charge in [0.05, 0.1) is 0 Å². The highest BCUT2D eigenvalue weighted by Gasteiger charge is 2.35. The van der Waals surface area contributed by atoms with E-state index in [1.54, 1.807) is 0 Å². The Balaban J connectivity index is 2.19. The summed E-state index contributed by atoms with van der Waals surface area (Å²) < 4.78 is 0. The first-order valence-corrected chi connectivity index (χ1v) is 4.13. The summed E-state index contributed by atoms with van der Waals surface area (Å²) >= 11 is 1.92. The number of carbonyl (C=O) groups excluding carboxylic acids is 1. The maximum atomic E-state index is 10.3. The fraction of sp³-hybridized carbons (Fsp3) is 0.571. The van der Waals surface area contributed by atoms with Gasteiger partial charge in [0.15, 0.2) is 0 Å². The van der Waals surface area contributed by atoms with Gasteiger partial charge in [-0.05, 0) is 6.42 Å². The summed E-state index contributed by atoms with van der Waals surface area (Å²) in [6, 6.07) is 0. The van der Waals surface area contributed by atoms with Crippen LogP contribution in [0.25, 0.3) is 0 Å². The second-order valence-corrected chi connectivity index (χ2v) is 3.98. The van der Waals surface area contributed by atoms with Crippen LogP contribution in [0.2, 0.25) is 0 Å². The standard InChI is InChI=1S/C7H8OS/c8-4-5-3-6-1-2-7(5)9-6/h1-2,4-7H,3H2. The van der Waals surface area contributed by atoms with Crippen LogP contribution in [0.15, 0.2) is 12.2 Å². The molecule has 48 valence electrons. The molecule has 0 aromatic carbocycles. The molecule has 1 fully saturated rings. The predicted octanol–water partition coefficient (Wildman–Crippen LogP) is 1.25. The van der Waals surface area contributed by atoms with Gasteiger partial charge in [0.2, 0.25) is 0 Å². The van der Waals surface area contributed by atoms with Crippen LogP contribution in [0.5, 0.6) is 0 Å². The molecular weight excluding hydrogens is 132 g/mol. The minimum atomic E-state index is 0.324. The Bertz CT molecular complexity index is 164. The van der Waals surface area contributed by atoms with E-state index in [4.69, 9.17) is 0 Å². The van der Waals surface area contributed by atoms with Gasteiger partial charge in [0.25, 0.3) is 0 Å². The van der Waals surface area contributed by atoms with E-state index in [2.05, 4.69) is 12.2 Å². The second kappa shape index (κ2) is 1.87. The first-order valence-electron chi connectivity index (χ1n) is 3.19. The van der Waals surface area contributed by atoms with Gasteiger partial charge in [-0.15, -0.1) is 11.8 Å². The van der Waals surface area contributed by atoms with E-state index >= 15 is 0 Å². The molecule has 0 amide bonds. The van der Waals surface area contributed by atoms with Crippen LogP contribution in [0.4, 0.5) is 0 Å². The van der Waals surface area contributed by atoms with Gasteiger partial charge >= 0.3 is 0 Å². The van der Waals surface area contributed by atoms with E-state index < -0.39 is 0 Å². The predicted molar refractivity (Wildman–Crippen MR) is 38.5 cm³/mol. The molecular formula is C7H8OS. The fourth-order valence-electron chi connectivity index (χ4n) is 1.44. The Labute approximate surface area is 58.5 Å². The minimum absolute atomic E-state index is 0.324. The van der Waals surface area contributed by atoms with Gasteiger partial charge in [-0.2, -0.15) is 0 Å². The maximum absolute atomic E-state index is 10.3. The smallest absolute Gasteiger partial charge is 0.124 e. The summed E-state index contributed by atoms with van der Waals surface area (Å²) in [7, 11) is 0. The lowest BCUT2D eigenvalue weighted by atomic mass is 9.96. The van der Waals surface area contributed by atoms with Crippen molar-refractivity contribution in [3.8, 4) is 0 Å². The van der Waals surface area contributed by atoms with E-state index in [1.807, 2.05) is 11.8 Å². The summed E-state index contributed by atoms with van der Waals surface area (Å²) in [5.74, 6) is 0.324. The monoisotopic (exact) mass is 140 g/mol. The van der Waals surface area contributed by atoms with Crippen molar-refractivity contribution in [3.05, 3.63) is 12.2 Å². The van der Waals surface area contributed by atoms with E-state index in [9.17, 15) is 4.79 Å². The molecule has 0 aromatic rings. The quantitative estimate of drug-likeness (QED) is 0.402. The summed E-state index contributed by atoms with van der Waals surface area (Å²) in [6.45, 7) is 0. The molecule has 2 bridgehead atoms. The van der Waals surface area contributed by atoms with E-state index in [0.717, 1.165) is 12.7 Å². The van der Waals surface area contributed by atoms with Crippen LogP contribution in [0.1, 0.15) is 6.42 Å². The Kier molecular flexibility index (Phi) is 1.15. The second-order valence-electron chi connectivity index (χ2n) is 2.56. The highest BCUT2D eigenvalue weighted by atomic mass is 32.2. The number of aldehydes is 1. The molecule has 2 heteroatoms. The lowest BCUT2D eigenvalue weighted by Crippen LogP contribution is -2.12.